The number of sulfone groups is 1. The van der Waals surface area contributed by atoms with E-state index in [2.05, 4.69) is 10.3 Å². The number of thiophene rings is 1. The number of aromatic nitrogens is 1. The zero-order chi connectivity index (χ0) is 16.4. The van der Waals surface area contributed by atoms with Crippen LogP contribution in [0.2, 0.25) is 0 Å². The quantitative estimate of drug-likeness (QED) is 0.707. The molecule has 2 heterocycles. The zero-order valence-electron chi connectivity index (χ0n) is 12.1. The molecule has 1 N–H and O–H groups in total. The van der Waals surface area contributed by atoms with Crippen LogP contribution in [0.25, 0.3) is 10.8 Å². The normalized spacial score (nSPS) is 11.6. The first-order chi connectivity index (χ1) is 11.0. The lowest BCUT2D eigenvalue weighted by Crippen LogP contribution is -2.07. The Balaban J connectivity index is 2.12. The fraction of sp³-hybridized carbons (Fsp3) is 0.133. The van der Waals surface area contributed by atoms with Crippen molar-refractivity contribution in [3.63, 3.8) is 0 Å². The number of rotatable bonds is 5. The van der Waals surface area contributed by atoms with E-state index in [1.807, 2.05) is 18.4 Å². The number of hydrogen-bond acceptors (Lipinski definition) is 6. The Morgan fingerprint density at radius 2 is 2.00 bits per heavy atom. The minimum Gasteiger partial charge on any atom is -0.418 e. The van der Waals surface area contributed by atoms with Crippen LogP contribution in [0.3, 0.4) is 0 Å². The summed E-state index contributed by atoms with van der Waals surface area (Å²) in [4.78, 5) is 4.83. The molecule has 8 heteroatoms. The van der Waals surface area contributed by atoms with Gasteiger partial charge in [0, 0.05) is 6.54 Å². The third-order valence-electron chi connectivity index (χ3n) is 3.04. The van der Waals surface area contributed by atoms with Gasteiger partial charge in [0.25, 0.3) is 0 Å². The monoisotopic (exact) mass is 352 g/mol. The molecule has 0 atom stereocenters. The van der Waals surface area contributed by atoms with Gasteiger partial charge in [0.1, 0.15) is 5.82 Å². The predicted molar refractivity (Wildman–Crippen MR) is 85.8 cm³/mol. The second kappa shape index (κ2) is 6.13. The average Bonchev–Trinajstić information content (AvgIpc) is 3.17. The van der Waals surface area contributed by atoms with Gasteiger partial charge in [0.05, 0.1) is 9.77 Å². The van der Waals surface area contributed by atoms with Crippen molar-refractivity contribution in [3.8, 4) is 10.8 Å². The molecule has 1 aromatic carbocycles. The summed E-state index contributed by atoms with van der Waals surface area (Å²) in [6, 6.07) is 8.23. The molecule has 3 aromatic rings. The Kier molecular flexibility index (Phi) is 4.18. The first-order valence-electron chi connectivity index (χ1n) is 6.81. The molecule has 23 heavy (non-hydrogen) atoms. The van der Waals surface area contributed by atoms with Gasteiger partial charge in [-0.3, -0.25) is 0 Å². The molecule has 0 saturated carbocycles. The molecule has 5 nitrogen and oxygen atoms in total. The maximum Gasteiger partial charge on any atom is 0.240 e. The molecule has 0 radical (unpaired) electrons. The van der Waals surface area contributed by atoms with E-state index < -0.39 is 15.7 Å². The van der Waals surface area contributed by atoms with Crippen LogP contribution in [0, 0.1) is 5.82 Å². The van der Waals surface area contributed by atoms with Gasteiger partial charge in [-0.15, -0.1) is 11.3 Å². The van der Waals surface area contributed by atoms with Gasteiger partial charge in [-0.2, -0.15) is 4.98 Å². The molecule has 0 aliphatic rings. The number of nitrogens with zero attached hydrogens (tertiary/aromatic N) is 1. The molecule has 0 fully saturated rings. The number of halogens is 1. The van der Waals surface area contributed by atoms with Gasteiger partial charge in [0.2, 0.25) is 26.6 Å². The van der Waals surface area contributed by atoms with Crippen LogP contribution in [-0.2, 0) is 9.84 Å². The van der Waals surface area contributed by atoms with Crippen LogP contribution in [0.5, 0.6) is 0 Å². The summed E-state index contributed by atoms with van der Waals surface area (Å²) in [6.07, 6.45) is 0. The van der Waals surface area contributed by atoms with E-state index in [1.165, 1.54) is 23.5 Å². The molecule has 0 aliphatic heterocycles. The number of benzene rings is 1. The third-order valence-corrected chi connectivity index (χ3v) is 5.58. The van der Waals surface area contributed by atoms with Crippen molar-refractivity contribution in [2.24, 2.45) is 0 Å². The second-order valence-corrected chi connectivity index (χ2v) is 7.43. The molecule has 3 rings (SSSR count). The van der Waals surface area contributed by atoms with Gasteiger partial charge in [-0.25, -0.2) is 12.8 Å². The van der Waals surface area contributed by atoms with Crippen molar-refractivity contribution >= 4 is 27.1 Å². The van der Waals surface area contributed by atoms with E-state index in [0.717, 1.165) is 17.0 Å². The molecule has 0 saturated heterocycles. The minimum absolute atomic E-state index is 0.0379. The maximum absolute atomic E-state index is 13.0. The highest BCUT2D eigenvalue weighted by molar-refractivity contribution is 7.91. The van der Waals surface area contributed by atoms with E-state index in [1.54, 1.807) is 6.07 Å². The smallest absolute Gasteiger partial charge is 0.240 e. The van der Waals surface area contributed by atoms with Crippen LogP contribution in [-0.4, -0.2) is 19.9 Å². The van der Waals surface area contributed by atoms with Gasteiger partial charge >= 0.3 is 0 Å². The van der Waals surface area contributed by atoms with Crippen LogP contribution in [0.4, 0.5) is 10.3 Å². The van der Waals surface area contributed by atoms with Crippen molar-refractivity contribution in [2.75, 3.05) is 11.9 Å². The summed E-state index contributed by atoms with van der Waals surface area (Å²) < 4.78 is 44.1. The molecule has 120 valence electrons. The van der Waals surface area contributed by atoms with Crippen LogP contribution in [0.15, 0.2) is 56.1 Å². The van der Waals surface area contributed by atoms with Crippen molar-refractivity contribution in [2.45, 2.75) is 16.8 Å². The molecule has 2 aromatic heterocycles. The van der Waals surface area contributed by atoms with E-state index >= 15 is 0 Å². The SMILES string of the molecule is CCNc1oc(-c2cccs2)nc1S(=O)(=O)c1ccc(F)cc1. The number of oxazole rings is 1. The summed E-state index contributed by atoms with van der Waals surface area (Å²) in [7, 11) is -3.91. The average molecular weight is 352 g/mol. The largest absolute Gasteiger partial charge is 0.418 e. The van der Waals surface area contributed by atoms with Gasteiger partial charge in [0.15, 0.2) is 0 Å². The van der Waals surface area contributed by atoms with Crippen molar-refractivity contribution in [1.29, 1.82) is 0 Å². The summed E-state index contributed by atoms with van der Waals surface area (Å²) >= 11 is 1.40. The van der Waals surface area contributed by atoms with E-state index in [4.69, 9.17) is 4.42 Å². The van der Waals surface area contributed by atoms with Crippen LogP contribution < -0.4 is 5.32 Å². The Morgan fingerprint density at radius 3 is 2.61 bits per heavy atom. The Hall–Kier alpha value is -2.19. The predicted octanol–water partition coefficient (Wildman–Crippen LogP) is 3.81. The first-order valence-corrected chi connectivity index (χ1v) is 9.18. The molecule has 0 spiro atoms. The molecule has 0 bridgehead atoms. The highest BCUT2D eigenvalue weighted by atomic mass is 32.2. The number of nitrogens with one attached hydrogen (secondary N) is 1. The fourth-order valence-electron chi connectivity index (χ4n) is 1.99. The summed E-state index contributed by atoms with van der Waals surface area (Å²) in [5, 5.41) is 4.52. The highest BCUT2D eigenvalue weighted by Gasteiger charge is 2.28. The van der Waals surface area contributed by atoms with Crippen LogP contribution in [0.1, 0.15) is 6.92 Å². The Labute approximate surface area is 136 Å². The molecular formula is C15H13FN2O3S2. The van der Waals surface area contributed by atoms with Crippen molar-refractivity contribution in [1.82, 2.24) is 4.98 Å². The lowest BCUT2D eigenvalue weighted by atomic mass is 10.4. The summed E-state index contributed by atoms with van der Waals surface area (Å²) in [5.41, 5.74) is 0. The van der Waals surface area contributed by atoms with E-state index in [-0.39, 0.29) is 21.7 Å². The number of hydrogen-bond donors (Lipinski definition) is 1. The molecule has 0 amide bonds. The van der Waals surface area contributed by atoms with E-state index in [0.29, 0.717) is 6.54 Å². The molecular weight excluding hydrogens is 339 g/mol. The standard InChI is InChI=1S/C15H13FN2O3S2/c1-2-17-14-15(18-13(21-14)12-4-3-9-22-12)23(19,20)11-7-5-10(16)6-8-11/h3-9,17H,2H2,1H3. The minimum atomic E-state index is -3.91. The highest BCUT2D eigenvalue weighted by Crippen LogP contribution is 2.33. The summed E-state index contributed by atoms with van der Waals surface area (Å²) in [6.45, 7) is 2.30. The summed E-state index contributed by atoms with van der Waals surface area (Å²) in [5.74, 6) is -0.188. The fourth-order valence-corrected chi connectivity index (χ4v) is 3.92. The van der Waals surface area contributed by atoms with Gasteiger partial charge < -0.3 is 9.73 Å². The Bertz CT molecular complexity index is 901. The zero-order valence-corrected chi connectivity index (χ0v) is 13.7. The van der Waals surface area contributed by atoms with Crippen molar-refractivity contribution < 1.29 is 17.2 Å². The lowest BCUT2D eigenvalue weighted by Gasteiger charge is -2.03. The van der Waals surface area contributed by atoms with Crippen molar-refractivity contribution in [3.05, 3.63) is 47.6 Å². The lowest BCUT2D eigenvalue weighted by molar-refractivity contribution is 0.578. The van der Waals surface area contributed by atoms with Gasteiger partial charge in [-0.05, 0) is 42.6 Å². The maximum atomic E-state index is 13.0. The van der Waals surface area contributed by atoms with Crippen LogP contribution >= 0.6 is 11.3 Å². The van der Waals surface area contributed by atoms with Gasteiger partial charge in [-0.1, -0.05) is 6.07 Å². The third kappa shape index (κ3) is 2.99. The first kappa shape index (κ1) is 15.7. The molecule has 0 unspecified atom stereocenters. The second-order valence-electron chi connectivity index (χ2n) is 4.62. The Morgan fingerprint density at radius 1 is 1.26 bits per heavy atom. The number of anilines is 1. The van der Waals surface area contributed by atoms with E-state index in [9.17, 15) is 12.8 Å². The topological polar surface area (TPSA) is 72.2 Å². The molecule has 0 aliphatic carbocycles.